The molecule has 30 heavy (non-hydrogen) atoms. The minimum absolute atomic E-state index is 0.0738. The summed E-state index contributed by atoms with van der Waals surface area (Å²) in [6.45, 7) is 2.09. The zero-order valence-corrected chi connectivity index (χ0v) is 17.7. The standard InChI is InChI=1S/C25H24N2O2S/c1-16-6-5-7-17(12-16)13-19-14-22(28)27-21(15-30-25(27)23(19)18-10-11-18)24(29)26-20-8-3-2-4-9-20/h2-9,12,14,18,21H,10-11,13,15H2,1H3,(H,26,29). The lowest BCUT2D eigenvalue weighted by atomic mass is 9.97. The third kappa shape index (κ3) is 3.70. The Balaban J connectivity index is 1.50. The van der Waals surface area contributed by atoms with Crippen LogP contribution in [-0.4, -0.2) is 16.2 Å². The first-order valence-electron chi connectivity index (χ1n) is 10.4. The summed E-state index contributed by atoms with van der Waals surface area (Å²) in [4.78, 5) is 26.1. The lowest BCUT2D eigenvalue weighted by molar-refractivity contribution is -0.118. The number of hydrogen-bond acceptors (Lipinski definition) is 3. The molecule has 1 aromatic heterocycles. The van der Waals surface area contributed by atoms with Crippen molar-refractivity contribution < 1.29 is 4.79 Å². The summed E-state index contributed by atoms with van der Waals surface area (Å²) in [5.74, 6) is 0.986. The maximum atomic E-state index is 13.1. The second-order valence-electron chi connectivity index (χ2n) is 8.22. The van der Waals surface area contributed by atoms with Crippen molar-refractivity contribution in [3.05, 3.63) is 93.3 Å². The number of aryl methyl sites for hydroxylation is 1. The van der Waals surface area contributed by atoms with Crippen molar-refractivity contribution in [2.24, 2.45) is 0 Å². The summed E-state index contributed by atoms with van der Waals surface area (Å²) >= 11 is 1.65. The van der Waals surface area contributed by atoms with Gasteiger partial charge in [0.25, 0.3) is 5.56 Å². The van der Waals surface area contributed by atoms with Crippen LogP contribution in [0.1, 0.15) is 47.1 Å². The molecule has 2 aromatic carbocycles. The van der Waals surface area contributed by atoms with E-state index in [1.54, 1.807) is 22.4 Å². The van der Waals surface area contributed by atoms with Crippen LogP contribution >= 0.6 is 11.8 Å². The molecular weight excluding hydrogens is 392 g/mol. The molecule has 0 bridgehead atoms. The maximum absolute atomic E-state index is 13.1. The predicted molar refractivity (Wildman–Crippen MR) is 121 cm³/mol. The van der Waals surface area contributed by atoms with Crippen LogP contribution in [0.5, 0.6) is 0 Å². The van der Waals surface area contributed by atoms with E-state index < -0.39 is 6.04 Å². The molecule has 1 atom stereocenters. The van der Waals surface area contributed by atoms with E-state index >= 15 is 0 Å². The molecular formula is C25H24N2O2S. The van der Waals surface area contributed by atoms with Crippen LogP contribution in [0, 0.1) is 6.92 Å². The first-order chi connectivity index (χ1) is 14.6. The molecule has 0 spiro atoms. The Kier molecular flexibility index (Phi) is 4.99. The summed E-state index contributed by atoms with van der Waals surface area (Å²) in [6, 6.07) is 19.2. The monoisotopic (exact) mass is 416 g/mol. The summed E-state index contributed by atoms with van der Waals surface area (Å²) in [6.07, 6.45) is 3.08. The highest BCUT2D eigenvalue weighted by atomic mass is 32.2. The molecule has 1 unspecified atom stereocenters. The quantitative estimate of drug-likeness (QED) is 0.643. The summed E-state index contributed by atoms with van der Waals surface area (Å²) < 4.78 is 1.73. The second-order valence-corrected chi connectivity index (χ2v) is 9.23. The van der Waals surface area contributed by atoms with E-state index in [1.807, 2.05) is 30.3 Å². The van der Waals surface area contributed by atoms with Crippen molar-refractivity contribution in [3.63, 3.8) is 0 Å². The van der Waals surface area contributed by atoms with E-state index in [2.05, 4.69) is 36.5 Å². The van der Waals surface area contributed by atoms with Gasteiger partial charge < -0.3 is 5.32 Å². The lowest BCUT2D eigenvalue weighted by Crippen LogP contribution is -2.33. The molecule has 0 radical (unpaired) electrons. The number of anilines is 1. The normalized spacial score (nSPS) is 17.6. The van der Waals surface area contributed by atoms with Gasteiger partial charge >= 0.3 is 0 Å². The van der Waals surface area contributed by atoms with Crippen molar-refractivity contribution in [2.45, 2.75) is 43.2 Å². The van der Waals surface area contributed by atoms with Crippen molar-refractivity contribution in [1.82, 2.24) is 4.57 Å². The summed E-state index contributed by atoms with van der Waals surface area (Å²) in [5.41, 5.74) is 5.54. The number of thioether (sulfide) groups is 1. The van der Waals surface area contributed by atoms with E-state index in [0.29, 0.717) is 11.7 Å². The summed E-state index contributed by atoms with van der Waals surface area (Å²) in [5, 5.41) is 3.97. The van der Waals surface area contributed by atoms with Crippen molar-refractivity contribution in [1.29, 1.82) is 0 Å². The van der Waals surface area contributed by atoms with E-state index in [-0.39, 0.29) is 11.5 Å². The van der Waals surface area contributed by atoms with E-state index in [1.165, 1.54) is 16.7 Å². The molecule has 5 heteroatoms. The number of rotatable bonds is 5. The van der Waals surface area contributed by atoms with Gasteiger partial charge in [0, 0.05) is 17.5 Å². The van der Waals surface area contributed by atoms with Gasteiger partial charge in [-0.1, -0.05) is 48.0 Å². The van der Waals surface area contributed by atoms with Crippen LogP contribution in [0.25, 0.3) is 0 Å². The number of benzene rings is 2. The largest absolute Gasteiger partial charge is 0.324 e. The Morgan fingerprint density at radius 1 is 1.10 bits per heavy atom. The Labute approximate surface area is 180 Å². The summed E-state index contributed by atoms with van der Waals surface area (Å²) in [7, 11) is 0. The zero-order valence-electron chi connectivity index (χ0n) is 16.9. The molecule has 1 fully saturated rings. The Morgan fingerprint density at radius 3 is 2.63 bits per heavy atom. The number of carbonyl (C=O) groups excluding carboxylic acids is 1. The van der Waals surface area contributed by atoms with Gasteiger partial charge in [0.15, 0.2) is 0 Å². The number of amides is 1. The Hall–Kier alpha value is -2.79. The number of nitrogens with zero attached hydrogens (tertiary/aromatic N) is 1. The lowest BCUT2D eigenvalue weighted by Gasteiger charge is -2.18. The number of nitrogens with one attached hydrogen (secondary N) is 1. The third-order valence-corrected chi connectivity index (χ3v) is 7.00. The van der Waals surface area contributed by atoms with E-state index in [0.717, 1.165) is 35.5 Å². The van der Waals surface area contributed by atoms with Gasteiger partial charge in [0.05, 0.1) is 5.03 Å². The average molecular weight is 417 g/mol. The molecule has 1 aliphatic carbocycles. The second kappa shape index (κ2) is 7.80. The highest BCUT2D eigenvalue weighted by molar-refractivity contribution is 7.99. The molecule has 5 rings (SSSR count). The fraction of sp³-hybridized carbons (Fsp3) is 0.280. The molecule has 2 aliphatic rings. The van der Waals surface area contributed by atoms with Gasteiger partial charge in [-0.2, -0.15) is 0 Å². The fourth-order valence-electron chi connectivity index (χ4n) is 4.28. The number of hydrogen-bond donors (Lipinski definition) is 1. The molecule has 2 heterocycles. The van der Waals surface area contributed by atoms with Crippen molar-refractivity contribution in [3.8, 4) is 0 Å². The maximum Gasteiger partial charge on any atom is 0.252 e. The predicted octanol–water partition coefficient (Wildman–Crippen LogP) is 4.91. The van der Waals surface area contributed by atoms with Gasteiger partial charge in [0.1, 0.15) is 6.04 Å². The first kappa shape index (κ1) is 19.2. The average Bonchev–Trinajstić information content (AvgIpc) is 3.45. The number of aromatic nitrogens is 1. The molecule has 1 amide bonds. The Bertz CT molecular complexity index is 1170. The molecule has 3 aromatic rings. The van der Waals surface area contributed by atoms with Crippen molar-refractivity contribution in [2.75, 3.05) is 11.1 Å². The van der Waals surface area contributed by atoms with Crippen LogP contribution in [0.15, 0.2) is 70.5 Å². The van der Waals surface area contributed by atoms with E-state index in [4.69, 9.17) is 0 Å². The van der Waals surface area contributed by atoms with Gasteiger partial charge in [-0.15, -0.1) is 11.8 Å². The highest BCUT2D eigenvalue weighted by Crippen LogP contribution is 2.48. The van der Waals surface area contributed by atoms with Gasteiger partial charge in [-0.05, 0) is 60.9 Å². The fourth-order valence-corrected chi connectivity index (χ4v) is 5.70. The molecule has 1 saturated carbocycles. The number of carbonyl (C=O) groups is 1. The smallest absolute Gasteiger partial charge is 0.252 e. The van der Waals surface area contributed by atoms with Crippen LogP contribution < -0.4 is 10.9 Å². The first-order valence-corrected chi connectivity index (χ1v) is 11.4. The van der Waals surface area contributed by atoms with Crippen LogP contribution in [0.4, 0.5) is 5.69 Å². The topological polar surface area (TPSA) is 51.1 Å². The van der Waals surface area contributed by atoms with Crippen molar-refractivity contribution >= 4 is 23.4 Å². The SMILES string of the molecule is Cc1cccc(Cc2cc(=O)n3c(c2C2CC2)SCC3C(=O)Nc2ccccc2)c1. The highest BCUT2D eigenvalue weighted by Gasteiger charge is 2.37. The van der Waals surface area contributed by atoms with Gasteiger partial charge in [-0.3, -0.25) is 14.2 Å². The molecule has 1 aliphatic heterocycles. The van der Waals surface area contributed by atoms with Crippen LogP contribution in [0.3, 0.4) is 0 Å². The molecule has 1 N–H and O–H groups in total. The molecule has 4 nitrogen and oxygen atoms in total. The van der Waals surface area contributed by atoms with Crippen LogP contribution in [0.2, 0.25) is 0 Å². The van der Waals surface area contributed by atoms with Crippen LogP contribution in [-0.2, 0) is 11.2 Å². The number of pyridine rings is 1. The Morgan fingerprint density at radius 2 is 1.90 bits per heavy atom. The molecule has 152 valence electrons. The minimum Gasteiger partial charge on any atom is -0.324 e. The number of para-hydroxylation sites is 1. The third-order valence-electron chi connectivity index (χ3n) is 5.83. The zero-order chi connectivity index (χ0) is 20.7. The van der Waals surface area contributed by atoms with Gasteiger partial charge in [0.2, 0.25) is 5.91 Å². The molecule has 0 saturated heterocycles. The number of fused-ring (bicyclic) bond motifs is 1. The van der Waals surface area contributed by atoms with Gasteiger partial charge in [-0.25, -0.2) is 0 Å². The minimum atomic E-state index is -0.469. The van der Waals surface area contributed by atoms with E-state index in [9.17, 15) is 9.59 Å².